The fourth-order valence-corrected chi connectivity index (χ4v) is 5.34. The van der Waals surface area contributed by atoms with Crippen molar-refractivity contribution in [3.8, 4) is 0 Å². The second-order valence-corrected chi connectivity index (χ2v) is 10.5. The fourth-order valence-electron chi connectivity index (χ4n) is 3.75. The Kier molecular flexibility index (Phi) is 5.44. The molecule has 1 amide bonds. The lowest BCUT2D eigenvalue weighted by atomic mass is 10.1. The summed E-state index contributed by atoms with van der Waals surface area (Å²) in [6.07, 6.45) is 3.24. The Bertz CT molecular complexity index is 1480. The molecule has 0 unspecified atom stereocenters. The van der Waals surface area contributed by atoms with E-state index in [1.165, 1.54) is 23.5 Å². The average Bonchev–Trinajstić information content (AvgIpc) is 3.24. The number of carbonyl (C=O) groups excluding carboxylic acids is 1. The summed E-state index contributed by atoms with van der Waals surface area (Å²) in [7, 11) is -3.83. The quantitative estimate of drug-likeness (QED) is 0.399. The molecule has 33 heavy (non-hydrogen) atoms. The lowest BCUT2D eigenvalue weighted by Crippen LogP contribution is -2.42. The topological polar surface area (TPSA) is 157 Å². The van der Waals surface area contributed by atoms with Crippen LogP contribution >= 0.6 is 11.3 Å². The molecule has 2 aromatic heterocycles. The highest BCUT2D eigenvalue weighted by Crippen LogP contribution is 2.31. The SMILES string of the molecule is NC1CCN(C(=O)c2nc3ccc4cnc(Nc5cccc(S(N)(=O)=O)c5)nc4c3s2)CC1. The number of piperidine rings is 1. The standard InChI is InChI=1S/C21H21N7O3S2/c22-13-6-8-28(9-7-13)20(29)19-26-16-5-4-12-11-24-21(27-17(12)18(16)32-19)25-14-2-1-3-15(10-14)33(23,30)31/h1-5,10-11,13H,6-9,22H2,(H2,23,30,31)(H,24,25,27). The molecule has 10 nitrogen and oxygen atoms in total. The van der Waals surface area contributed by atoms with E-state index in [1.807, 2.05) is 12.1 Å². The first kappa shape index (κ1) is 21.6. The summed E-state index contributed by atoms with van der Waals surface area (Å²) in [5.74, 6) is 0.191. The molecular weight excluding hydrogens is 462 g/mol. The second-order valence-electron chi connectivity index (χ2n) is 7.89. The highest BCUT2D eigenvalue weighted by molar-refractivity contribution is 7.89. The molecule has 4 aromatic rings. The predicted molar refractivity (Wildman–Crippen MR) is 127 cm³/mol. The van der Waals surface area contributed by atoms with Crippen molar-refractivity contribution in [3.63, 3.8) is 0 Å². The molecular formula is C21H21N7O3S2. The molecule has 5 N–H and O–H groups in total. The maximum Gasteiger partial charge on any atom is 0.282 e. The zero-order chi connectivity index (χ0) is 23.2. The normalized spacial score (nSPS) is 15.3. The van der Waals surface area contributed by atoms with Crippen LogP contribution in [0.1, 0.15) is 22.6 Å². The maximum absolute atomic E-state index is 13.0. The number of rotatable bonds is 4. The van der Waals surface area contributed by atoms with Crippen LogP contribution in [0.15, 0.2) is 47.5 Å². The third-order valence-electron chi connectivity index (χ3n) is 5.53. The molecule has 2 aromatic carbocycles. The van der Waals surface area contributed by atoms with Crippen molar-refractivity contribution < 1.29 is 13.2 Å². The number of nitrogens with one attached hydrogen (secondary N) is 1. The first-order chi connectivity index (χ1) is 15.8. The van der Waals surface area contributed by atoms with E-state index in [-0.39, 0.29) is 22.8 Å². The van der Waals surface area contributed by atoms with Gasteiger partial charge in [-0.25, -0.2) is 28.5 Å². The second kappa shape index (κ2) is 8.30. The Hall–Kier alpha value is -3.19. The molecule has 1 aliphatic heterocycles. The third kappa shape index (κ3) is 4.37. The van der Waals surface area contributed by atoms with Crippen LogP contribution in [-0.2, 0) is 10.0 Å². The first-order valence-corrected chi connectivity index (χ1v) is 12.7. The van der Waals surface area contributed by atoms with Gasteiger partial charge in [-0.3, -0.25) is 4.79 Å². The zero-order valence-corrected chi connectivity index (χ0v) is 19.1. The summed E-state index contributed by atoms with van der Waals surface area (Å²) < 4.78 is 24.0. The monoisotopic (exact) mass is 483 g/mol. The minimum Gasteiger partial charge on any atom is -0.336 e. The van der Waals surface area contributed by atoms with Crippen molar-refractivity contribution in [1.82, 2.24) is 19.9 Å². The molecule has 0 aliphatic carbocycles. The number of sulfonamides is 1. The van der Waals surface area contributed by atoms with Gasteiger partial charge in [-0.2, -0.15) is 0 Å². The number of nitrogens with zero attached hydrogens (tertiary/aromatic N) is 4. The van der Waals surface area contributed by atoms with Crippen LogP contribution in [-0.4, -0.2) is 53.3 Å². The van der Waals surface area contributed by atoms with Crippen LogP contribution in [0.3, 0.4) is 0 Å². The Morgan fingerprint density at radius 2 is 1.94 bits per heavy atom. The number of hydrogen-bond donors (Lipinski definition) is 3. The number of amides is 1. The van der Waals surface area contributed by atoms with Crippen LogP contribution in [0.4, 0.5) is 11.6 Å². The number of primary sulfonamides is 1. The molecule has 0 radical (unpaired) electrons. The van der Waals surface area contributed by atoms with E-state index < -0.39 is 10.0 Å². The van der Waals surface area contributed by atoms with E-state index in [4.69, 9.17) is 10.9 Å². The summed E-state index contributed by atoms with van der Waals surface area (Å²) >= 11 is 1.30. The number of likely N-dealkylation sites (tertiary alicyclic amines) is 1. The van der Waals surface area contributed by atoms with Crippen LogP contribution in [0.25, 0.3) is 21.1 Å². The van der Waals surface area contributed by atoms with Crippen molar-refractivity contribution in [2.75, 3.05) is 18.4 Å². The zero-order valence-electron chi connectivity index (χ0n) is 17.4. The lowest BCUT2D eigenvalue weighted by Gasteiger charge is -2.29. The average molecular weight is 484 g/mol. The van der Waals surface area contributed by atoms with E-state index >= 15 is 0 Å². The molecule has 12 heteroatoms. The van der Waals surface area contributed by atoms with Crippen molar-refractivity contribution in [3.05, 3.63) is 47.6 Å². The fraction of sp³-hybridized carbons (Fsp3) is 0.238. The largest absolute Gasteiger partial charge is 0.336 e. The maximum atomic E-state index is 13.0. The summed E-state index contributed by atoms with van der Waals surface area (Å²) in [6, 6.07) is 9.95. The van der Waals surface area contributed by atoms with Gasteiger partial charge in [-0.15, -0.1) is 11.3 Å². The van der Waals surface area contributed by atoms with Gasteiger partial charge in [0.05, 0.1) is 20.6 Å². The number of aromatic nitrogens is 3. The van der Waals surface area contributed by atoms with Gasteiger partial charge in [0.2, 0.25) is 16.0 Å². The van der Waals surface area contributed by atoms with Gasteiger partial charge in [0.15, 0.2) is 5.01 Å². The first-order valence-electron chi connectivity index (χ1n) is 10.3. The van der Waals surface area contributed by atoms with E-state index in [0.717, 1.165) is 22.9 Å². The van der Waals surface area contributed by atoms with Crippen molar-refractivity contribution in [2.45, 2.75) is 23.8 Å². The van der Waals surface area contributed by atoms with Crippen LogP contribution in [0, 0.1) is 0 Å². The molecule has 0 saturated carbocycles. The summed E-state index contributed by atoms with van der Waals surface area (Å²) in [5.41, 5.74) is 7.78. The minimum atomic E-state index is -3.83. The number of anilines is 2. The Morgan fingerprint density at radius 1 is 1.15 bits per heavy atom. The molecule has 0 atom stereocenters. The van der Waals surface area contributed by atoms with Crippen LogP contribution < -0.4 is 16.2 Å². The Morgan fingerprint density at radius 3 is 2.70 bits per heavy atom. The molecule has 0 bridgehead atoms. The molecule has 3 heterocycles. The van der Waals surface area contributed by atoms with Gasteiger partial charge in [0.1, 0.15) is 0 Å². The number of thiazole rings is 1. The Balaban J connectivity index is 1.48. The number of benzene rings is 2. The summed E-state index contributed by atoms with van der Waals surface area (Å²) in [4.78, 5) is 28.2. The number of nitrogens with two attached hydrogens (primary N) is 2. The highest BCUT2D eigenvalue weighted by Gasteiger charge is 2.24. The van der Waals surface area contributed by atoms with Crippen LogP contribution in [0.2, 0.25) is 0 Å². The summed E-state index contributed by atoms with van der Waals surface area (Å²) in [6.45, 7) is 1.26. The Labute approximate surface area is 193 Å². The predicted octanol–water partition coefficient (Wildman–Crippen LogP) is 2.19. The number of carbonyl (C=O) groups is 1. The van der Waals surface area contributed by atoms with Crippen molar-refractivity contribution >= 4 is 60.0 Å². The van der Waals surface area contributed by atoms with Gasteiger partial charge in [-0.1, -0.05) is 6.07 Å². The van der Waals surface area contributed by atoms with Gasteiger partial charge in [0.25, 0.3) is 5.91 Å². The molecule has 170 valence electrons. The van der Waals surface area contributed by atoms with Gasteiger partial charge in [-0.05, 0) is 43.2 Å². The minimum absolute atomic E-state index is 0.0139. The molecule has 5 rings (SSSR count). The third-order valence-corrected chi connectivity index (χ3v) is 7.51. The number of hydrogen-bond acceptors (Lipinski definition) is 9. The molecule has 1 fully saturated rings. The molecule has 0 spiro atoms. The van der Waals surface area contributed by atoms with Gasteiger partial charge in [0, 0.05) is 36.4 Å². The van der Waals surface area contributed by atoms with Crippen LogP contribution in [0.5, 0.6) is 0 Å². The molecule has 1 aliphatic rings. The van der Waals surface area contributed by atoms with E-state index in [0.29, 0.717) is 34.8 Å². The van der Waals surface area contributed by atoms with Crippen molar-refractivity contribution in [2.24, 2.45) is 10.9 Å². The van der Waals surface area contributed by atoms with Gasteiger partial charge >= 0.3 is 0 Å². The highest BCUT2D eigenvalue weighted by atomic mass is 32.2. The van der Waals surface area contributed by atoms with Crippen molar-refractivity contribution in [1.29, 1.82) is 0 Å². The van der Waals surface area contributed by atoms with E-state index in [1.54, 1.807) is 23.2 Å². The summed E-state index contributed by atoms with van der Waals surface area (Å²) in [5, 5.41) is 9.45. The smallest absolute Gasteiger partial charge is 0.282 e. The lowest BCUT2D eigenvalue weighted by molar-refractivity contribution is 0.0714. The number of fused-ring (bicyclic) bond motifs is 3. The van der Waals surface area contributed by atoms with E-state index in [2.05, 4.69) is 20.3 Å². The molecule has 1 saturated heterocycles. The van der Waals surface area contributed by atoms with E-state index in [9.17, 15) is 13.2 Å². The van der Waals surface area contributed by atoms with Gasteiger partial charge < -0.3 is 16.0 Å².